The Morgan fingerprint density at radius 3 is 2.94 bits per heavy atom. The van der Waals surface area contributed by atoms with E-state index in [-0.39, 0.29) is 5.91 Å². The van der Waals surface area contributed by atoms with Gasteiger partial charge >= 0.3 is 0 Å². The van der Waals surface area contributed by atoms with Crippen molar-refractivity contribution in [2.75, 3.05) is 7.05 Å². The fraction of sp³-hybridized carbons (Fsp3) is 0.273. The number of amides is 1. The van der Waals surface area contributed by atoms with Crippen LogP contribution in [-0.2, 0) is 13.6 Å². The molecule has 0 aliphatic rings. The molecule has 2 aromatic rings. The fourth-order valence-electron chi connectivity index (χ4n) is 1.52. The number of nitrogens with zero attached hydrogens (tertiary/aromatic N) is 3. The zero-order chi connectivity index (χ0) is 12.4. The molecule has 0 saturated heterocycles. The van der Waals surface area contributed by atoms with Gasteiger partial charge in [0.2, 0.25) is 0 Å². The van der Waals surface area contributed by atoms with E-state index in [1.54, 1.807) is 47.3 Å². The monoisotopic (exact) mass is 313 g/mol. The molecule has 2 aromatic heterocycles. The minimum atomic E-state index is -0.0190. The Hall–Kier alpha value is -1.14. The Balaban J connectivity index is 2.08. The van der Waals surface area contributed by atoms with E-state index in [1.165, 1.54) is 0 Å². The molecule has 0 N–H and O–H groups in total. The van der Waals surface area contributed by atoms with E-state index in [0.717, 1.165) is 9.35 Å². The van der Waals surface area contributed by atoms with Crippen molar-refractivity contribution in [1.82, 2.24) is 14.7 Å². The lowest BCUT2D eigenvalue weighted by Gasteiger charge is -2.15. The number of hydrogen-bond donors (Lipinski definition) is 0. The quantitative estimate of drug-likeness (QED) is 0.873. The number of halogens is 1. The highest BCUT2D eigenvalue weighted by Gasteiger charge is 2.15. The molecule has 0 saturated carbocycles. The van der Waals surface area contributed by atoms with Crippen LogP contribution < -0.4 is 0 Å². The van der Waals surface area contributed by atoms with Crippen molar-refractivity contribution in [1.29, 1.82) is 0 Å². The van der Waals surface area contributed by atoms with E-state index in [0.29, 0.717) is 12.2 Å². The minimum Gasteiger partial charge on any atom is -0.335 e. The van der Waals surface area contributed by atoms with E-state index in [4.69, 9.17) is 0 Å². The molecule has 6 heteroatoms. The Bertz CT molecular complexity index is 534. The van der Waals surface area contributed by atoms with Gasteiger partial charge in [0, 0.05) is 35.0 Å². The molecular weight excluding hydrogens is 302 g/mol. The molecule has 2 heterocycles. The number of thiophene rings is 1. The largest absolute Gasteiger partial charge is 0.335 e. The van der Waals surface area contributed by atoms with Gasteiger partial charge in [0.15, 0.2) is 0 Å². The molecule has 0 radical (unpaired) electrons. The van der Waals surface area contributed by atoms with E-state index in [9.17, 15) is 4.79 Å². The van der Waals surface area contributed by atoms with Crippen LogP contribution in [0.15, 0.2) is 28.2 Å². The molecule has 1 amide bonds. The second-order valence-corrected chi connectivity index (χ2v) is 5.64. The van der Waals surface area contributed by atoms with Gasteiger partial charge in [-0.1, -0.05) is 0 Å². The van der Waals surface area contributed by atoms with Crippen LogP contribution in [0.4, 0.5) is 0 Å². The van der Waals surface area contributed by atoms with Gasteiger partial charge in [-0.3, -0.25) is 9.48 Å². The van der Waals surface area contributed by atoms with Gasteiger partial charge < -0.3 is 4.90 Å². The van der Waals surface area contributed by atoms with Crippen molar-refractivity contribution in [3.8, 4) is 0 Å². The van der Waals surface area contributed by atoms with Gasteiger partial charge in [-0.05, 0) is 28.1 Å². The van der Waals surface area contributed by atoms with Crippen molar-refractivity contribution in [2.24, 2.45) is 7.05 Å². The third kappa shape index (κ3) is 2.76. The van der Waals surface area contributed by atoms with Crippen molar-refractivity contribution < 1.29 is 4.79 Å². The standard InChI is InChI=1S/C11H12BrN3OS/c1-14(6-9-5-8(12)7-17-9)11(16)10-3-4-13-15(10)2/h3-5,7H,6H2,1-2H3. The molecule has 90 valence electrons. The highest BCUT2D eigenvalue weighted by molar-refractivity contribution is 9.10. The number of aromatic nitrogens is 2. The molecule has 0 aliphatic heterocycles. The number of carbonyl (C=O) groups excluding carboxylic acids is 1. The van der Waals surface area contributed by atoms with Crippen LogP contribution in [0.25, 0.3) is 0 Å². The summed E-state index contributed by atoms with van der Waals surface area (Å²) in [5.74, 6) is -0.0190. The van der Waals surface area contributed by atoms with E-state index >= 15 is 0 Å². The second-order valence-electron chi connectivity index (χ2n) is 3.73. The van der Waals surface area contributed by atoms with E-state index in [1.807, 2.05) is 11.4 Å². The van der Waals surface area contributed by atoms with E-state index in [2.05, 4.69) is 21.0 Å². The van der Waals surface area contributed by atoms with Gasteiger partial charge in [-0.25, -0.2) is 0 Å². The summed E-state index contributed by atoms with van der Waals surface area (Å²) in [6.45, 7) is 0.611. The molecule has 0 aromatic carbocycles. The van der Waals surface area contributed by atoms with Gasteiger partial charge in [-0.15, -0.1) is 11.3 Å². The summed E-state index contributed by atoms with van der Waals surface area (Å²) >= 11 is 5.04. The summed E-state index contributed by atoms with van der Waals surface area (Å²) in [5.41, 5.74) is 0.600. The maximum absolute atomic E-state index is 12.1. The normalized spacial score (nSPS) is 10.5. The summed E-state index contributed by atoms with van der Waals surface area (Å²) < 4.78 is 2.64. The van der Waals surface area contributed by atoms with Gasteiger partial charge in [0.25, 0.3) is 5.91 Å². The van der Waals surface area contributed by atoms with Crippen LogP contribution >= 0.6 is 27.3 Å². The molecule has 17 heavy (non-hydrogen) atoms. The molecule has 0 spiro atoms. The average Bonchev–Trinajstić information content (AvgIpc) is 2.86. The molecule has 0 fully saturated rings. The Labute approximate surface area is 112 Å². The van der Waals surface area contributed by atoms with Crippen LogP contribution in [0.3, 0.4) is 0 Å². The van der Waals surface area contributed by atoms with Gasteiger partial charge in [0.05, 0.1) is 6.54 Å². The van der Waals surface area contributed by atoms with Crippen LogP contribution in [0.5, 0.6) is 0 Å². The predicted octanol–water partition coefficient (Wildman–Crippen LogP) is 2.52. The Kier molecular flexibility index (Phi) is 3.63. The molecular formula is C11H12BrN3OS. The van der Waals surface area contributed by atoms with Gasteiger partial charge in [0.1, 0.15) is 5.69 Å². The lowest BCUT2D eigenvalue weighted by Crippen LogP contribution is -2.27. The first-order valence-corrected chi connectivity index (χ1v) is 6.71. The number of rotatable bonds is 3. The molecule has 0 bridgehead atoms. The van der Waals surface area contributed by atoms with Gasteiger partial charge in [-0.2, -0.15) is 5.10 Å². The third-order valence-electron chi connectivity index (χ3n) is 2.40. The summed E-state index contributed by atoms with van der Waals surface area (Å²) in [6.07, 6.45) is 1.63. The predicted molar refractivity (Wildman–Crippen MR) is 71.0 cm³/mol. The molecule has 0 unspecified atom stereocenters. The summed E-state index contributed by atoms with van der Waals surface area (Å²) in [5, 5.41) is 6.01. The number of aryl methyl sites for hydroxylation is 1. The van der Waals surface area contributed by atoms with Crippen molar-refractivity contribution >= 4 is 33.2 Å². The van der Waals surface area contributed by atoms with Crippen molar-refractivity contribution in [2.45, 2.75) is 6.54 Å². The Morgan fingerprint density at radius 2 is 2.41 bits per heavy atom. The van der Waals surface area contributed by atoms with Crippen molar-refractivity contribution in [3.63, 3.8) is 0 Å². The molecule has 0 aliphatic carbocycles. The first kappa shape index (κ1) is 12.3. The molecule has 4 nitrogen and oxygen atoms in total. The summed E-state index contributed by atoms with van der Waals surface area (Å²) in [7, 11) is 3.56. The zero-order valence-corrected chi connectivity index (χ0v) is 12.0. The van der Waals surface area contributed by atoms with Crippen LogP contribution in [0, 0.1) is 0 Å². The summed E-state index contributed by atoms with van der Waals surface area (Å²) in [4.78, 5) is 14.9. The Morgan fingerprint density at radius 1 is 1.65 bits per heavy atom. The second kappa shape index (κ2) is 5.01. The first-order chi connectivity index (χ1) is 8.08. The molecule has 0 atom stereocenters. The van der Waals surface area contributed by atoms with Crippen LogP contribution in [-0.4, -0.2) is 27.6 Å². The fourth-order valence-corrected chi connectivity index (χ4v) is 3.02. The average molecular weight is 314 g/mol. The maximum atomic E-state index is 12.1. The van der Waals surface area contributed by atoms with Crippen molar-refractivity contribution in [3.05, 3.63) is 38.8 Å². The SMILES string of the molecule is CN(Cc1cc(Br)cs1)C(=O)c1ccnn1C. The highest BCUT2D eigenvalue weighted by atomic mass is 79.9. The lowest BCUT2D eigenvalue weighted by atomic mass is 10.3. The highest BCUT2D eigenvalue weighted by Crippen LogP contribution is 2.21. The molecule has 2 rings (SSSR count). The topological polar surface area (TPSA) is 38.1 Å². The first-order valence-electron chi connectivity index (χ1n) is 5.04. The van der Waals surface area contributed by atoms with Crippen LogP contribution in [0.2, 0.25) is 0 Å². The maximum Gasteiger partial charge on any atom is 0.272 e. The smallest absolute Gasteiger partial charge is 0.272 e. The zero-order valence-electron chi connectivity index (χ0n) is 9.55. The number of carbonyl (C=O) groups is 1. The summed E-state index contributed by atoms with van der Waals surface area (Å²) in [6, 6.07) is 3.75. The van der Waals surface area contributed by atoms with E-state index < -0.39 is 0 Å². The van der Waals surface area contributed by atoms with Crippen LogP contribution in [0.1, 0.15) is 15.4 Å². The number of hydrogen-bond acceptors (Lipinski definition) is 3. The lowest BCUT2D eigenvalue weighted by molar-refractivity contribution is 0.0775. The third-order valence-corrected chi connectivity index (χ3v) is 4.08. The minimum absolute atomic E-state index is 0.0190.